The number of carbonyl (C=O) groups is 3. The molecule has 0 aromatic carbocycles. The molecule has 0 radical (unpaired) electrons. The normalized spacial score (nSPS) is 15.5. The van der Waals surface area contributed by atoms with E-state index in [1.807, 2.05) is 0 Å². The highest BCUT2D eigenvalue weighted by Gasteiger charge is 2.50. The predicted octanol–water partition coefficient (Wildman–Crippen LogP) is 7.27. The van der Waals surface area contributed by atoms with Gasteiger partial charge in [-0.25, -0.2) is 9.59 Å². The number of carboxylic acids is 3. The van der Waals surface area contributed by atoms with Crippen molar-refractivity contribution in [3.05, 3.63) is 12.2 Å². The maximum atomic E-state index is 11.8. The number of rotatable bonds is 28. The van der Waals surface area contributed by atoms with E-state index in [1.54, 1.807) is 0 Å². The summed E-state index contributed by atoms with van der Waals surface area (Å²) >= 11 is 0. The topological polar surface area (TPSA) is 115 Å². The van der Waals surface area contributed by atoms with Crippen LogP contribution in [0, 0.1) is 0 Å². The van der Waals surface area contributed by atoms with Crippen LogP contribution in [-0.4, -0.2) is 57.3 Å². The largest absolute Gasteiger partial charge is 0.544 e. The number of aliphatic carboxylic acids is 3. The number of unbranched alkanes of at least 4 members (excludes halogenated alkanes) is 18. The Morgan fingerprint density at radius 3 is 1.23 bits per heavy atom. The zero-order valence-electron chi connectivity index (χ0n) is 26.2. The molecule has 0 heterocycles. The second kappa shape index (κ2) is 23.8. The number of carboxylic acid groups (broad SMARTS) is 3. The van der Waals surface area contributed by atoms with Crippen molar-refractivity contribution in [1.82, 2.24) is 0 Å². The summed E-state index contributed by atoms with van der Waals surface area (Å²) in [5, 5.41) is 31.0. The van der Waals surface area contributed by atoms with E-state index < -0.39 is 40.5 Å². The van der Waals surface area contributed by atoms with Gasteiger partial charge in [-0.1, -0.05) is 109 Å². The van der Waals surface area contributed by atoms with Crippen LogP contribution in [0.3, 0.4) is 0 Å². The van der Waals surface area contributed by atoms with Gasteiger partial charge < -0.3 is 20.1 Å². The third-order valence-corrected chi connectivity index (χ3v) is 8.78. The van der Waals surface area contributed by atoms with Crippen molar-refractivity contribution in [2.75, 3.05) is 6.54 Å². The Bertz CT molecular complexity index is 657. The SMILES string of the molecule is CCCCCCCCCCC/C=C/CCCCCCCCCCC[N+](C(C)C(=O)[O-])(C(C)C(=O)O)C(C)C(=O)O. The van der Waals surface area contributed by atoms with Gasteiger partial charge in [-0.2, -0.15) is 0 Å². The zero-order valence-corrected chi connectivity index (χ0v) is 26.2. The van der Waals surface area contributed by atoms with E-state index in [-0.39, 0.29) is 6.54 Å². The number of nitrogens with zero attached hydrogens (tertiary/aromatic N) is 1. The molecule has 0 spiro atoms. The molecule has 0 aliphatic rings. The second-order valence-corrected chi connectivity index (χ2v) is 11.8. The molecule has 0 saturated heterocycles. The Hall–Kier alpha value is -1.89. The Kier molecular flexibility index (Phi) is 22.7. The molecule has 2 N–H and O–H groups in total. The van der Waals surface area contributed by atoms with Gasteiger partial charge in [-0.3, -0.25) is 4.48 Å². The molecule has 0 aromatic rings. The summed E-state index contributed by atoms with van der Waals surface area (Å²) in [6, 6.07) is -3.56. The number of quaternary nitrogens is 1. The lowest BCUT2D eigenvalue weighted by Crippen LogP contribution is -2.72. The van der Waals surface area contributed by atoms with Gasteiger partial charge >= 0.3 is 11.9 Å². The first-order valence-electron chi connectivity index (χ1n) is 16.3. The molecule has 0 rings (SSSR count). The van der Waals surface area contributed by atoms with Crippen LogP contribution in [0.25, 0.3) is 0 Å². The summed E-state index contributed by atoms with van der Waals surface area (Å²) in [5.74, 6) is -3.82. The number of hydrogen-bond donors (Lipinski definition) is 2. The summed E-state index contributed by atoms with van der Waals surface area (Å²) in [4.78, 5) is 35.3. The molecule has 3 atom stereocenters. The first-order chi connectivity index (χ1) is 19.1. The van der Waals surface area contributed by atoms with Crippen LogP contribution in [-0.2, 0) is 14.4 Å². The molecule has 0 bridgehead atoms. The number of carbonyl (C=O) groups excluding carboxylic acids is 1. The van der Waals surface area contributed by atoms with E-state index in [0.29, 0.717) is 6.42 Å². The van der Waals surface area contributed by atoms with Crippen molar-refractivity contribution in [3.63, 3.8) is 0 Å². The summed E-state index contributed by atoms with van der Waals surface area (Å²) in [6.45, 7) is 6.61. The van der Waals surface area contributed by atoms with Gasteiger partial charge in [0.15, 0.2) is 12.1 Å². The zero-order chi connectivity index (χ0) is 30.2. The van der Waals surface area contributed by atoms with E-state index in [9.17, 15) is 29.7 Å². The first kappa shape index (κ1) is 38.1. The minimum absolute atomic E-state index is 0.183. The fraction of sp³-hybridized carbons (Fsp3) is 0.848. The Morgan fingerprint density at radius 1 is 0.575 bits per heavy atom. The maximum absolute atomic E-state index is 11.8. The molecular weight excluding hydrogens is 506 g/mol. The predicted molar refractivity (Wildman–Crippen MR) is 161 cm³/mol. The summed E-state index contributed by atoms with van der Waals surface area (Å²) in [7, 11) is 0. The maximum Gasteiger partial charge on any atom is 0.362 e. The average Bonchev–Trinajstić information content (AvgIpc) is 2.92. The molecule has 0 aliphatic carbocycles. The van der Waals surface area contributed by atoms with Crippen LogP contribution in [0.2, 0.25) is 0 Å². The lowest BCUT2D eigenvalue weighted by atomic mass is 10.00. The van der Waals surface area contributed by atoms with Gasteiger partial charge in [0.05, 0.1) is 12.5 Å². The molecule has 0 saturated carbocycles. The van der Waals surface area contributed by atoms with E-state index >= 15 is 0 Å². The van der Waals surface area contributed by atoms with Crippen molar-refractivity contribution in [1.29, 1.82) is 0 Å². The Morgan fingerprint density at radius 2 is 0.900 bits per heavy atom. The quantitative estimate of drug-likeness (QED) is 0.0584. The van der Waals surface area contributed by atoms with Crippen molar-refractivity contribution < 1.29 is 34.2 Å². The fourth-order valence-electron chi connectivity index (χ4n) is 5.89. The molecule has 0 fully saturated rings. The van der Waals surface area contributed by atoms with Crippen LogP contribution < -0.4 is 5.11 Å². The summed E-state index contributed by atoms with van der Waals surface area (Å²) in [6.07, 6.45) is 29.0. The monoisotopic (exact) mass is 567 g/mol. The van der Waals surface area contributed by atoms with Crippen LogP contribution in [0.5, 0.6) is 0 Å². The van der Waals surface area contributed by atoms with Crippen molar-refractivity contribution in [3.8, 4) is 0 Å². The lowest BCUT2D eigenvalue weighted by Gasteiger charge is -2.49. The van der Waals surface area contributed by atoms with Gasteiger partial charge in [0.2, 0.25) is 0 Å². The van der Waals surface area contributed by atoms with Crippen LogP contribution in [0.1, 0.15) is 156 Å². The van der Waals surface area contributed by atoms with Gasteiger partial charge in [-0.15, -0.1) is 0 Å². The van der Waals surface area contributed by atoms with Gasteiger partial charge in [0, 0.05) is 0 Å². The van der Waals surface area contributed by atoms with E-state index in [4.69, 9.17) is 0 Å². The van der Waals surface area contributed by atoms with E-state index in [0.717, 1.165) is 25.7 Å². The smallest absolute Gasteiger partial charge is 0.362 e. The molecule has 0 aliphatic heterocycles. The van der Waals surface area contributed by atoms with Crippen molar-refractivity contribution in [2.45, 2.75) is 174 Å². The minimum Gasteiger partial charge on any atom is -0.544 e. The highest BCUT2D eigenvalue weighted by atomic mass is 16.4. The van der Waals surface area contributed by atoms with Crippen LogP contribution >= 0.6 is 0 Å². The van der Waals surface area contributed by atoms with Crippen LogP contribution in [0.4, 0.5) is 0 Å². The average molecular weight is 568 g/mol. The highest BCUT2D eigenvalue weighted by Crippen LogP contribution is 2.27. The molecule has 3 unspecified atom stereocenters. The standard InChI is InChI=1S/C33H61NO6/c1-5-6-7-8-9-10-11-12-13-14-15-16-17-18-19-20-21-22-23-24-25-26-27-34(28(2)31(35)36,29(3)32(37)38)30(4)33(39)40/h15-16,28-30H,5-14,17-27H2,1-4H3,(H2-,35,36,37,38,39,40)/b16-15+. The first-order valence-corrected chi connectivity index (χ1v) is 16.3. The molecule has 7 heteroatoms. The van der Waals surface area contributed by atoms with Crippen LogP contribution in [0.15, 0.2) is 12.2 Å². The molecule has 0 amide bonds. The van der Waals surface area contributed by atoms with Crippen molar-refractivity contribution in [2.24, 2.45) is 0 Å². The summed E-state index contributed by atoms with van der Waals surface area (Å²) < 4.78 is -0.541. The number of allylic oxidation sites excluding steroid dienone is 2. The molecule has 7 nitrogen and oxygen atoms in total. The fourth-order valence-corrected chi connectivity index (χ4v) is 5.89. The summed E-state index contributed by atoms with van der Waals surface area (Å²) in [5.41, 5.74) is 0. The van der Waals surface area contributed by atoms with Gasteiger partial charge in [-0.05, 0) is 59.3 Å². The molecule has 234 valence electrons. The highest BCUT2D eigenvalue weighted by molar-refractivity contribution is 5.76. The second-order valence-electron chi connectivity index (χ2n) is 11.8. The molecular formula is C33H61NO6. The Labute approximate surface area is 245 Å². The molecule has 40 heavy (non-hydrogen) atoms. The number of hydrogen-bond acceptors (Lipinski definition) is 4. The Balaban J connectivity index is 4.00. The third kappa shape index (κ3) is 15.8. The minimum atomic E-state index is -1.42. The van der Waals surface area contributed by atoms with E-state index in [1.165, 1.54) is 117 Å². The van der Waals surface area contributed by atoms with Crippen molar-refractivity contribution >= 4 is 17.9 Å². The lowest BCUT2D eigenvalue weighted by molar-refractivity contribution is -0.969. The van der Waals surface area contributed by atoms with Gasteiger partial charge in [0.25, 0.3) is 0 Å². The third-order valence-electron chi connectivity index (χ3n) is 8.78. The van der Waals surface area contributed by atoms with Gasteiger partial charge in [0.1, 0.15) is 6.04 Å². The van der Waals surface area contributed by atoms with E-state index in [2.05, 4.69) is 19.1 Å². The molecule has 0 aromatic heterocycles.